The van der Waals surface area contributed by atoms with Crippen LogP contribution in [0.3, 0.4) is 0 Å². The summed E-state index contributed by atoms with van der Waals surface area (Å²) in [5.41, 5.74) is 1.22. The summed E-state index contributed by atoms with van der Waals surface area (Å²) < 4.78 is 20.6. The zero-order valence-corrected chi connectivity index (χ0v) is 20.3. The number of anilines is 1. The van der Waals surface area contributed by atoms with E-state index in [1.807, 2.05) is 6.92 Å². The second kappa shape index (κ2) is 12.2. The van der Waals surface area contributed by atoms with E-state index in [9.17, 15) is 24.3 Å². The molecule has 0 spiro atoms. The SMILES string of the molecule is COc1cccc(C(=O)O[C@@H](C(=O)O)[C@@H](OC(=O)c2cccc(OC)c2)C(=O)Nc2ccc(C)cc2)c1. The quantitative estimate of drug-likeness (QED) is 0.395. The van der Waals surface area contributed by atoms with Crippen LogP contribution in [0.1, 0.15) is 26.3 Å². The molecule has 0 unspecified atom stereocenters. The number of carboxylic acids is 1. The third-order valence-corrected chi connectivity index (χ3v) is 5.17. The molecule has 3 rings (SSSR count). The van der Waals surface area contributed by atoms with Crippen molar-refractivity contribution in [2.75, 3.05) is 19.5 Å². The maximum Gasteiger partial charge on any atom is 0.349 e. The van der Waals surface area contributed by atoms with Gasteiger partial charge in [0.25, 0.3) is 5.91 Å². The lowest BCUT2D eigenvalue weighted by molar-refractivity contribution is -0.157. The topological polar surface area (TPSA) is 137 Å². The summed E-state index contributed by atoms with van der Waals surface area (Å²) in [6.07, 6.45) is -4.20. The Morgan fingerprint density at radius 3 is 1.68 bits per heavy atom. The summed E-state index contributed by atoms with van der Waals surface area (Å²) in [6.45, 7) is 1.85. The first-order valence-electron chi connectivity index (χ1n) is 11.0. The molecule has 0 heterocycles. The molecule has 10 heteroatoms. The monoisotopic (exact) mass is 507 g/mol. The standard InChI is InChI=1S/C27H25NO9/c1-16-10-12-19(13-11-16)28-24(29)22(36-26(32)17-6-4-8-20(14-17)34-2)23(25(30)31)37-27(33)18-7-5-9-21(15-18)35-3/h4-15,22-23H,1-3H3,(H,28,29)(H,30,31)/t22-,23-/m1/s1. The van der Waals surface area contributed by atoms with E-state index in [2.05, 4.69) is 5.32 Å². The zero-order valence-electron chi connectivity index (χ0n) is 20.3. The lowest BCUT2D eigenvalue weighted by Crippen LogP contribution is -2.48. The van der Waals surface area contributed by atoms with Gasteiger partial charge < -0.3 is 29.4 Å². The third kappa shape index (κ3) is 7.07. The fourth-order valence-corrected chi connectivity index (χ4v) is 3.21. The van der Waals surface area contributed by atoms with E-state index in [0.29, 0.717) is 17.2 Å². The Bertz CT molecular complexity index is 1290. The Morgan fingerprint density at radius 1 is 0.730 bits per heavy atom. The van der Waals surface area contributed by atoms with Crippen LogP contribution in [0.25, 0.3) is 0 Å². The molecule has 0 saturated carbocycles. The van der Waals surface area contributed by atoms with Crippen LogP contribution in [0.2, 0.25) is 0 Å². The van der Waals surface area contributed by atoms with Crippen molar-refractivity contribution in [3.8, 4) is 11.5 Å². The molecule has 192 valence electrons. The first kappa shape index (κ1) is 26.7. The molecule has 2 N–H and O–H groups in total. The first-order valence-corrected chi connectivity index (χ1v) is 11.0. The van der Waals surface area contributed by atoms with Gasteiger partial charge in [-0.2, -0.15) is 0 Å². The number of carboxylic acid groups (broad SMARTS) is 1. The van der Waals surface area contributed by atoms with Crippen molar-refractivity contribution in [2.45, 2.75) is 19.1 Å². The summed E-state index contributed by atoms with van der Waals surface area (Å²) in [5, 5.41) is 12.4. The van der Waals surface area contributed by atoms with Crippen LogP contribution in [0.5, 0.6) is 11.5 Å². The molecule has 0 aromatic heterocycles. The molecular formula is C27H25NO9. The molecule has 10 nitrogen and oxygen atoms in total. The largest absolute Gasteiger partial charge is 0.497 e. The summed E-state index contributed by atoms with van der Waals surface area (Å²) in [7, 11) is 2.80. The minimum atomic E-state index is -2.17. The number of carbonyl (C=O) groups is 4. The molecule has 0 aliphatic rings. The minimum absolute atomic E-state index is 0.00394. The van der Waals surface area contributed by atoms with Crippen molar-refractivity contribution in [3.63, 3.8) is 0 Å². The highest BCUT2D eigenvalue weighted by Crippen LogP contribution is 2.20. The van der Waals surface area contributed by atoms with E-state index in [1.165, 1.54) is 50.6 Å². The summed E-state index contributed by atoms with van der Waals surface area (Å²) in [5.74, 6) is -4.11. The molecule has 0 radical (unpaired) electrons. The minimum Gasteiger partial charge on any atom is -0.497 e. The highest BCUT2D eigenvalue weighted by molar-refractivity contribution is 6.01. The zero-order chi connectivity index (χ0) is 26.9. The van der Waals surface area contributed by atoms with E-state index < -0.39 is 36.0 Å². The molecule has 0 saturated heterocycles. The van der Waals surface area contributed by atoms with Crippen molar-refractivity contribution < 1.29 is 43.2 Å². The van der Waals surface area contributed by atoms with E-state index >= 15 is 0 Å². The number of amides is 1. The first-order chi connectivity index (χ1) is 17.7. The van der Waals surface area contributed by atoms with Gasteiger partial charge >= 0.3 is 17.9 Å². The molecular weight excluding hydrogens is 482 g/mol. The van der Waals surface area contributed by atoms with Gasteiger partial charge in [0.15, 0.2) is 0 Å². The van der Waals surface area contributed by atoms with Gasteiger partial charge in [-0.1, -0.05) is 29.8 Å². The number of carbonyl (C=O) groups excluding carboxylic acids is 3. The number of aliphatic carboxylic acids is 1. The molecule has 3 aromatic carbocycles. The number of hydrogen-bond acceptors (Lipinski definition) is 8. The van der Waals surface area contributed by atoms with Gasteiger partial charge in [0, 0.05) is 5.69 Å². The molecule has 2 atom stereocenters. The number of ether oxygens (including phenoxy) is 4. The predicted octanol–water partition coefficient (Wildman–Crippen LogP) is 3.49. The average Bonchev–Trinajstić information content (AvgIpc) is 2.91. The number of benzene rings is 3. The highest BCUT2D eigenvalue weighted by Gasteiger charge is 2.41. The number of aryl methyl sites for hydroxylation is 1. The Balaban J connectivity index is 1.92. The number of nitrogens with one attached hydrogen (secondary N) is 1. The number of rotatable bonds is 10. The normalized spacial score (nSPS) is 12.0. The van der Waals surface area contributed by atoms with Gasteiger partial charge in [0.2, 0.25) is 12.2 Å². The molecule has 37 heavy (non-hydrogen) atoms. The van der Waals surface area contributed by atoms with Gasteiger partial charge in [-0.05, 0) is 55.5 Å². The van der Waals surface area contributed by atoms with Gasteiger partial charge in [-0.15, -0.1) is 0 Å². The Hall–Kier alpha value is -4.86. The van der Waals surface area contributed by atoms with Crippen LogP contribution < -0.4 is 14.8 Å². The smallest absolute Gasteiger partial charge is 0.349 e. The summed E-state index contributed by atoms with van der Waals surface area (Å²) in [4.78, 5) is 51.0. The fraction of sp³-hybridized carbons (Fsp3) is 0.185. The van der Waals surface area contributed by atoms with Crippen LogP contribution in [0.15, 0.2) is 72.8 Å². The van der Waals surface area contributed by atoms with Crippen LogP contribution in [-0.4, -0.2) is 55.3 Å². The predicted molar refractivity (Wildman–Crippen MR) is 132 cm³/mol. The molecule has 0 fully saturated rings. The Kier molecular flexibility index (Phi) is 8.82. The lowest BCUT2D eigenvalue weighted by Gasteiger charge is -2.23. The molecule has 0 aliphatic heterocycles. The van der Waals surface area contributed by atoms with Gasteiger partial charge in [-0.3, -0.25) is 4.79 Å². The molecule has 0 bridgehead atoms. The molecule has 1 amide bonds. The van der Waals surface area contributed by atoms with Gasteiger partial charge in [0.1, 0.15) is 11.5 Å². The number of hydrogen-bond donors (Lipinski definition) is 2. The average molecular weight is 507 g/mol. The van der Waals surface area contributed by atoms with E-state index in [4.69, 9.17) is 18.9 Å². The maximum absolute atomic E-state index is 13.2. The molecule has 3 aromatic rings. The van der Waals surface area contributed by atoms with E-state index in [0.717, 1.165) is 5.56 Å². The lowest BCUT2D eigenvalue weighted by atomic mass is 10.1. The second-order valence-electron chi connectivity index (χ2n) is 7.81. The Morgan fingerprint density at radius 2 is 1.22 bits per heavy atom. The Labute approximate surface area is 212 Å². The van der Waals surface area contributed by atoms with Crippen molar-refractivity contribution in [3.05, 3.63) is 89.5 Å². The maximum atomic E-state index is 13.2. The molecule has 0 aliphatic carbocycles. The number of esters is 2. The van der Waals surface area contributed by atoms with E-state index in [-0.39, 0.29) is 11.1 Å². The van der Waals surface area contributed by atoms with Crippen LogP contribution in [0.4, 0.5) is 5.69 Å². The highest BCUT2D eigenvalue weighted by atomic mass is 16.6. The van der Waals surface area contributed by atoms with Crippen LogP contribution in [-0.2, 0) is 19.1 Å². The number of methoxy groups -OCH3 is 2. The van der Waals surface area contributed by atoms with Crippen molar-refractivity contribution in [1.82, 2.24) is 0 Å². The van der Waals surface area contributed by atoms with Gasteiger partial charge in [-0.25, -0.2) is 14.4 Å². The second-order valence-corrected chi connectivity index (χ2v) is 7.81. The van der Waals surface area contributed by atoms with Crippen molar-refractivity contribution in [2.24, 2.45) is 0 Å². The van der Waals surface area contributed by atoms with Crippen molar-refractivity contribution in [1.29, 1.82) is 0 Å². The third-order valence-electron chi connectivity index (χ3n) is 5.17. The summed E-state index contributed by atoms with van der Waals surface area (Å²) in [6, 6.07) is 18.3. The van der Waals surface area contributed by atoms with Crippen LogP contribution >= 0.6 is 0 Å². The van der Waals surface area contributed by atoms with Gasteiger partial charge in [0.05, 0.1) is 25.3 Å². The summed E-state index contributed by atoms with van der Waals surface area (Å²) >= 11 is 0. The van der Waals surface area contributed by atoms with Crippen molar-refractivity contribution >= 4 is 29.5 Å². The van der Waals surface area contributed by atoms with Crippen LogP contribution in [0, 0.1) is 6.92 Å². The fourth-order valence-electron chi connectivity index (χ4n) is 3.21. The van der Waals surface area contributed by atoms with E-state index in [1.54, 1.807) is 36.4 Å².